The number of nitrogens with one attached hydrogen (secondary N) is 1. The first kappa shape index (κ1) is 22.0. The van der Waals surface area contributed by atoms with Gasteiger partial charge in [0.2, 0.25) is 0 Å². The molecule has 0 bridgehead atoms. The molecule has 0 unspecified atom stereocenters. The fourth-order valence-corrected chi connectivity index (χ4v) is 4.01. The van der Waals surface area contributed by atoms with Gasteiger partial charge in [0.15, 0.2) is 0 Å². The van der Waals surface area contributed by atoms with Crippen molar-refractivity contribution in [2.75, 3.05) is 17.3 Å². The quantitative estimate of drug-likeness (QED) is 0.617. The maximum absolute atomic E-state index is 13.4. The standard InChI is InChI=1S/C24H33N3O3/c1-24(2,3)20-14-19(30-4)15-21(22(20)28)26-23(29)27(17-8-6-5-7-9-17)18-12-10-16(25)11-13-18/h5-9,14-16,18,28H,10-13,25H2,1-4H3,(H,26,29). The number of methoxy groups -OCH3 is 1. The average molecular weight is 412 g/mol. The van der Waals surface area contributed by atoms with Gasteiger partial charge in [-0.1, -0.05) is 39.0 Å². The summed E-state index contributed by atoms with van der Waals surface area (Å²) in [7, 11) is 1.58. The van der Waals surface area contributed by atoms with Gasteiger partial charge in [0.1, 0.15) is 11.5 Å². The van der Waals surface area contributed by atoms with Crippen molar-refractivity contribution >= 4 is 17.4 Å². The molecule has 4 N–H and O–H groups in total. The van der Waals surface area contributed by atoms with Crippen LogP contribution in [-0.4, -0.2) is 30.3 Å². The highest BCUT2D eigenvalue weighted by molar-refractivity contribution is 6.03. The fourth-order valence-electron chi connectivity index (χ4n) is 4.01. The molecule has 162 valence electrons. The van der Waals surface area contributed by atoms with Gasteiger partial charge in [0, 0.05) is 29.4 Å². The Morgan fingerprint density at radius 1 is 1.13 bits per heavy atom. The van der Waals surface area contributed by atoms with E-state index < -0.39 is 0 Å². The number of anilines is 2. The molecule has 0 spiro atoms. The normalized spacial score (nSPS) is 19.2. The Labute approximate surface area is 179 Å². The van der Waals surface area contributed by atoms with Crippen LogP contribution in [0.15, 0.2) is 42.5 Å². The van der Waals surface area contributed by atoms with E-state index in [9.17, 15) is 9.90 Å². The summed E-state index contributed by atoms with van der Waals surface area (Å²) in [5.41, 5.74) is 7.66. The molecule has 1 saturated carbocycles. The lowest BCUT2D eigenvalue weighted by Gasteiger charge is -2.36. The molecule has 6 nitrogen and oxygen atoms in total. The Kier molecular flexibility index (Phi) is 6.56. The highest BCUT2D eigenvalue weighted by atomic mass is 16.5. The maximum Gasteiger partial charge on any atom is 0.326 e. The molecule has 3 rings (SSSR count). The van der Waals surface area contributed by atoms with Crippen molar-refractivity contribution in [1.82, 2.24) is 0 Å². The van der Waals surface area contributed by atoms with Crippen LogP contribution in [0.2, 0.25) is 0 Å². The monoisotopic (exact) mass is 411 g/mol. The molecule has 2 amide bonds. The zero-order valence-corrected chi connectivity index (χ0v) is 18.3. The number of hydrogen-bond donors (Lipinski definition) is 3. The lowest BCUT2D eigenvalue weighted by molar-refractivity contribution is 0.251. The molecule has 1 aliphatic carbocycles. The summed E-state index contributed by atoms with van der Waals surface area (Å²) in [4.78, 5) is 15.2. The number of rotatable bonds is 4. The van der Waals surface area contributed by atoms with Crippen molar-refractivity contribution in [3.63, 3.8) is 0 Å². The molecule has 1 fully saturated rings. The van der Waals surface area contributed by atoms with Crippen LogP contribution in [0, 0.1) is 0 Å². The number of carbonyl (C=O) groups excluding carboxylic acids is 1. The third-order valence-corrected chi connectivity index (χ3v) is 5.73. The summed E-state index contributed by atoms with van der Waals surface area (Å²) < 4.78 is 5.41. The molecule has 6 heteroatoms. The maximum atomic E-state index is 13.4. The van der Waals surface area contributed by atoms with Gasteiger partial charge >= 0.3 is 6.03 Å². The van der Waals surface area contributed by atoms with Gasteiger partial charge in [-0.2, -0.15) is 0 Å². The largest absolute Gasteiger partial charge is 0.505 e. The van der Waals surface area contributed by atoms with E-state index in [-0.39, 0.29) is 29.3 Å². The van der Waals surface area contributed by atoms with Crippen LogP contribution in [0.3, 0.4) is 0 Å². The predicted octanol–water partition coefficient (Wildman–Crippen LogP) is 5.01. The highest BCUT2D eigenvalue weighted by Gasteiger charge is 2.30. The number of ether oxygens (including phenoxy) is 1. The van der Waals surface area contributed by atoms with Gasteiger partial charge in [-0.3, -0.25) is 4.90 Å². The number of nitrogens with two attached hydrogens (primary N) is 1. The number of carbonyl (C=O) groups is 1. The molecule has 0 aromatic heterocycles. The molecule has 2 aromatic rings. The van der Waals surface area contributed by atoms with Crippen molar-refractivity contribution in [3.05, 3.63) is 48.0 Å². The molecule has 30 heavy (non-hydrogen) atoms. The van der Waals surface area contributed by atoms with E-state index in [1.165, 1.54) is 0 Å². The number of nitrogens with zero attached hydrogens (tertiary/aromatic N) is 1. The van der Waals surface area contributed by atoms with E-state index in [4.69, 9.17) is 10.5 Å². The zero-order valence-electron chi connectivity index (χ0n) is 18.3. The van der Waals surface area contributed by atoms with Gasteiger partial charge in [0.05, 0.1) is 12.8 Å². The lowest BCUT2D eigenvalue weighted by Crippen LogP contribution is -2.46. The second-order valence-electron chi connectivity index (χ2n) is 9.03. The third-order valence-electron chi connectivity index (χ3n) is 5.73. The number of hydrogen-bond acceptors (Lipinski definition) is 4. The van der Waals surface area contributed by atoms with E-state index in [0.717, 1.165) is 31.4 Å². The number of urea groups is 1. The smallest absolute Gasteiger partial charge is 0.326 e. The highest BCUT2D eigenvalue weighted by Crippen LogP contribution is 2.40. The molecular formula is C24H33N3O3. The van der Waals surface area contributed by atoms with Gasteiger partial charge in [-0.15, -0.1) is 0 Å². The first-order valence-electron chi connectivity index (χ1n) is 10.5. The zero-order chi connectivity index (χ0) is 21.9. The van der Waals surface area contributed by atoms with Crippen molar-refractivity contribution < 1.29 is 14.6 Å². The Morgan fingerprint density at radius 3 is 2.33 bits per heavy atom. The molecule has 0 heterocycles. The van der Waals surface area contributed by atoms with Gasteiger partial charge in [-0.25, -0.2) is 4.79 Å². The summed E-state index contributed by atoms with van der Waals surface area (Å²) in [6, 6.07) is 13.1. The van der Waals surface area contributed by atoms with Crippen molar-refractivity contribution in [3.8, 4) is 11.5 Å². The number of amides is 2. The SMILES string of the molecule is COc1cc(NC(=O)N(c2ccccc2)C2CCC(N)CC2)c(O)c(C(C)(C)C)c1. The van der Waals surface area contributed by atoms with E-state index in [0.29, 0.717) is 17.0 Å². The number of aromatic hydroxyl groups is 1. The third kappa shape index (κ3) is 4.87. The van der Waals surface area contributed by atoms with Gasteiger partial charge < -0.3 is 20.9 Å². The second kappa shape index (κ2) is 8.96. The molecule has 1 aliphatic rings. The fraction of sp³-hybridized carbons (Fsp3) is 0.458. The molecular weight excluding hydrogens is 378 g/mol. The number of phenols is 1. The van der Waals surface area contributed by atoms with Crippen molar-refractivity contribution in [2.24, 2.45) is 5.73 Å². The van der Waals surface area contributed by atoms with Gasteiger partial charge in [0.25, 0.3) is 0 Å². The van der Waals surface area contributed by atoms with Crippen LogP contribution in [0.1, 0.15) is 52.0 Å². The van der Waals surface area contributed by atoms with Crippen molar-refractivity contribution in [2.45, 2.75) is 64.0 Å². The number of phenolic OH excluding ortho intramolecular Hbond substituents is 1. The molecule has 0 aliphatic heterocycles. The van der Waals surface area contributed by atoms with E-state index in [2.05, 4.69) is 5.32 Å². The minimum Gasteiger partial charge on any atom is -0.505 e. The Hall–Kier alpha value is -2.73. The molecule has 0 radical (unpaired) electrons. The van der Waals surface area contributed by atoms with E-state index in [1.807, 2.05) is 57.2 Å². The van der Waals surface area contributed by atoms with Crippen LogP contribution >= 0.6 is 0 Å². The molecule has 0 saturated heterocycles. The summed E-state index contributed by atoms with van der Waals surface area (Å²) in [6.07, 6.45) is 3.47. The second-order valence-corrected chi connectivity index (χ2v) is 9.03. The summed E-state index contributed by atoms with van der Waals surface area (Å²) in [5.74, 6) is 0.651. The summed E-state index contributed by atoms with van der Waals surface area (Å²) >= 11 is 0. The minimum atomic E-state index is -0.309. The first-order valence-corrected chi connectivity index (χ1v) is 10.5. The van der Waals surface area contributed by atoms with Crippen LogP contribution in [0.5, 0.6) is 11.5 Å². The molecule has 0 atom stereocenters. The minimum absolute atomic E-state index is 0.0574. The number of benzene rings is 2. The topological polar surface area (TPSA) is 87.8 Å². The molecule has 2 aromatic carbocycles. The van der Waals surface area contributed by atoms with Crippen LogP contribution in [0.4, 0.5) is 16.2 Å². The lowest BCUT2D eigenvalue weighted by atomic mass is 9.85. The first-order chi connectivity index (χ1) is 14.2. The van der Waals surface area contributed by atoms with Crippen LogP contribution < -0.4 is 20.7 Å². The van der Waals surface area contributed by atoms with E-state index >= 15 is 0 Å². The number of para-hydroxylation sites is 1. The van der Waals surface area contributed by atoms with Crippen LogP contribution in [0.25, 0.3) is 0 Å². The van der Waals surface area contributed by atoms with Gasteiger partial charge in [-0.05, 0) is 49.3 Å². The summed E-state index contributed by atoms with van der Waals surface area (Å²) in [5, 5.41) is 13.8. The predicted molar refractivity (Wildman–Crippen MR) is 122 cm³/mol. The Balaban J connectivity index is 1.94. The van der Waals surface area contributed by atoms with Crippen LogP contribution in [-0.2, 0) is 5.41 Å². The Morgan fingerprint density at radius 2 is 1.77 bits per heavy atom. The van der Waals surface area contributed by atoms with E-state index in [1.54, 1.807) is 18.1 Å². The average Bonchev–Trinajstić information content (AvgIpc) is 2.71. The Bertz CT molecular complexity index is 869. The van der Waals surface area contributed by atoms with Crippen molar-refractivity contribution in [1.29, 1.82) is 0 Å². The summed E-state index contributed by atoms with van der Waals surface area (Å²) in [6.45, 7) is 6.03.